The molecule has 6 heteroatoms. The van der Waals surface area contributed by atoms with Crippen LogP contribution in [0.1, 0.15) is 57.3 Å². The molecule has 0 saturated carbocycles. The van der Waals surface area contributed by atoms with Crippen LogP contribution in [0.5, 0.6) is 0 Å². The zero-order chi connectivity index (χ0) is 20.9. The largest absolute Gasteiger partial charge is 0.460 e. The fraction of sp³-hybridized carbons (Fsp3) is 0.522. The Morgan fingerprint density at radius 2 is 1.97 bits per heavy atom. The van der Waals surface area contributed by atoms with Crippen LogP contribution in [0.4, 0.5) is 0 Å². The molecular weight excluding hydrogens is 386 g/mol. The highest BCUT2D eigenvalue weighted by atomic mass is 32.2. The average Bonchev–Trinajstić information content (AvgIpc) is 3.24. The first kappa shape index (κ1) is 21.6. The molecule has 1 aliphatic rings. The molecule has 1 saturated heterocycles. The number of rotatable bonds is 9. The first-order valence-corrected chi connectivity index (χ1v) is 12.5. The quantitative estimate of drug-likeness (QED) is 0.559. The second-order valence-corrected chi connectivity index (χ2v) is 10.0. The standard InChI is InChI=1S/C23H31NO4S/c1-3-5-10-21-20(19-9-7-8-11-22(19)28-21)12-13-23(25)24(15-6-4-2)18-14-16-29(26,27)17-18/h7-9,11-13,18H,3-6,10,14-17H2,1-2H3/b13-12+. The molecule has 29 heavy (non-hydrogen) atoms. The predicted octanol–water partition coefficient (Wildman–Crippen LogP) is 4.60. The van der Waals surface area contributed by atoms with E-state index >= 15 is 0 Å². The van der Waals surface area contributed by atoms with Crippen LogP contribution in [0.25, 0.3) is 17.0 Å². The number of aryl methyl sites for hydroxylation is 1. The van der Waals surface area contributed by atoms with Crippen molar-refractivity contribution in [1.29, 1.82) is 0 Å². The summed E-state index contributed by atoms with van der Waals surface area (Å²) in [7, 11) is -3.04. The fourth-order valence-corrected chi connectivity index (χ4v) is 5.63. The van der Waals surface area contributed by atoms with Gasteiger partial charge in [0.15, 0.2) is 9.84 Å². The van der Waals surface area contributed by atoms with Gasteiger partial charge in [-0.1, -0.05) is 44.9 Å². The molecule has 2 heterocycles. The molecule has 5 nitrogen and oxygen atoms in total. The predicted molar refractivity (Wildman–Crippen MR) is 118 cm³/mol. The number of hydrogen-bond acceptors (Lipinski definition) is 4. The third kappa shape index (κ3) is 5.30. The van der Waals surface area contributed by atoms with Gasteiger partial charge < -0.3 is 9.32 Å². The molecule has 2 aromatic rings. The molecule has 0 bridgehead atoms. The van der Waals surface area contributed by atoms with Gasteiger partial charge in [0, 0.05) is 36.0 Å². The molecule has 0 N–H and O–H groups in total. The summed E-state index contributed by atoms with van der Waals surface area (Å²) in [5, 5.41) is 1.01. The van der Waals surface area contributed by atoms with Gasteiger partial charge in [-0.2, -0.15) is 0 Å². The number of carbonyl (C=O) groups excluding carboxylic acids is 1. The Bertz CT molecular complexity index is 974. The number of benzene rings is 1. The highest BCUT2D eigenvalue weighted by Crippen LogP contribution is 2.28. The Hall–Kier alpha value is -2.08. The van der Waals surface area contributed by atoms with E-state index in [9.17, 15) is 13.2 Å². The Kier molecular flexibility index (Phi) is 7.17. The minimum atomic E-state index is -3.04. The summed E-state index contributed by atoms with van der Waals surface area (Å²) in [5.74, 6) is 1.03. The number of amides is 1. The highest BCUT2D eigenvalue weighted by molar-refractivity contribution is 7.91. The minimum Gasteiger partial charge on any atom is -0.460 e. The highest BCUT2D eigenvalue weighted by Gasteiger charge is 2.33. The number of furan rings is 1. The summed E-state index contributed by atoms with van der Waals surface area (Å²) >= 11 is 0. The van der Waals surface area contributed by atoms with Crippen molar-refractivity contribution < 1.29 is 17.6 Å². The second-order valence-electron chi connectivity index (χ2n) is 7.81. The molecule has 0 aliphatic carbocycles. The number of para-hydroxylation sites is 1. The summed E-state index contributed by atoms with van der Waals surface area (Å²) in [4.78, 5) is 14.8. The maximum Gasteiger partial charge on any atom is 0.246 e. The minimum absolute atomic E-state index is 0.0761. The molecular formula is C23H31NO4S. The van der Waals surface area contributed by atoms with Crippen LogP contribution in [0.15, 0.2) is 34.8 Å². The van der Waals surface area contributed by atoms with Gasteiger partial charge in [-0.15, -0.1) is 0 Å². The Balaban J connectivity index is 1.85. The Morgan fingerprint density at radius 1 is 1.21 bits per heavy atom. The van der Waals surface area contributed by atoms with E-state index in [1.54, 1.807) is 11.0 Å². The first-order valence-electron chi connectivity index (χ1n) is 10.6. The van der Waals surface area contributed by atoms with Gasteiger partial charge in [0.1, 0.15) is 11.3 Å². The van der Waals surface area contributed by atoms with Crippen molar-refractivity contribution in [2.45, 2.75) is 58.4 Å². The number of sulfone groups is 1. The summed E-state index contributed by atoms with van der Waals surface area (Å²) < 4.78 is 29.8. The third-order valence-electron chi connectivity index (χ3n) is 5.55. The summed E-state index contributed by atoms with van der Waals surface area (Å²) in [6.07, 6.45) is 8.72. The number of unbranched alkanes of at least 4 members (excludes halogenated alkanes) is 2. The summed E-state index contributed by atoms with van der Waals surface area (Å²) in [6, 6.07) is 7.65. The molecule has 158 valence electrons. The van der Waals surface area contributed by atoms with Gasteiger partial charge in [-0.05, 0) is 31.4 Å². The van der Waals surface area contributed by atoms with Crippen molar-refractivity contribution in [2.75, 3.05) is 18.1 Å². The number of fused-ring (bicyclic) bond motifs is 1. The lowest BCUT2D eigenvalue weighted by molar-refractivity contribution is -0.127. The fourth-order valence-electron chi connectivity index (χ4n) is 3.89. The molecule has 1 fully saturated rings. The lowest BCUT2D eigenvalue weighted by Crippen LogP contribution is -2.40. The normalized spacial score (nSPS) is 18.6. The van der Waals surface area contributed by atoms with E-state index in [-0.39, 0.29) is 23.5 Å². The summed E-state index contributed by atoms with van der Waals surface area (Å²) in [6.45, 7) is 4.80. The summed E-state index contributed by atoms with van der Waals surface area (Å²) in [5.41, 5.74) is 1.78. The van der Waals surface area contributed by atoms with Gasteiger partial charge >= 0.3 is 0 Å². The Morgan fingerprint density at radius 3 is 2.66 bits per heavy atom. The zero-order valence-electron chi connectivity index (χ0n) is 17.4. The van der Waals surface area contributed by atoms with E-state index in [4.69, 9.17) is 4.42 Å². The van der Waals surface area contributed by atoms with Crippen LogP contribution in [0.3, 0.4) is 0 Å². The van der Waals surface area contributed by atoms with Gasteiger partial charge in [-0.3, -0.25) is 4.79 Å². The molecule has 1 aromatic carbocycles. The molecule has 0 spiro atoms. The first-order chi connectivity index (χ1) is 13.9. The van der Waals surface area contributed by atoms with E-state index in [2.05, 4.69) is 13.8 Å². The number of carbonyl (C=O) groups is 1. The van der Waals surface area contributed by atoms with E-state index in [0.717, 1.165) is 54.4 Å². The van der Waals surface area contributed by atoms with Crippen molar-refractivity contribution in [3.63, 3.8) is 0 Å². The zero-order valence-corrected chi connectivity index (χ0v) is 18.2. The van der Waals surface area contributed by atoms with Gasteiger partial charge in [0.05, 0.1) is 11.5 Å². The average molecular weight is 418 g/mol. The van der Waals surface area contributed by atoms with Crippen LogP contribution < -0.4 is 0 Å². The smallest absolute Gasteiger partial charge is 0.246 e. The molecule has 1 aliphatic heterocycles. The van der Waals surface area contributed by atoms with Gasteiger partial charge in [-0.25, -0.2) is 8.42 Å². The van der Waals surface area contributed by atoms with Crippen LogP contribution in [0, 0.1) is 0 Å². The lowest BCUT2D eigenvalue weighted by atomic mass is 10.1. The van der Waals surface area contributed by atoms with Crippen molar-refractivity contribution in [3.05, 3.63) is 41.7 Å². The molecule has 1 atom stereocenters. The van der Waals surface area contributed by atoms with Gasteiger partial charge in [0.25, 0.3) is 0 Å². The topological polar surface area (TPSA) is 67.6 Å². The van der Waals surface area contributed by atoms with E-state index in [1.807, 2.05) is 30.3 Å². The van der Waals surface area contributed by atoms with Crippen molar-refractivity contribution in [2.24, 2.45) is 0 Å². The SMILES string of the molecule is CCCCc1oc2ccccc2c1/C=C/C(=O)N(CCCC)C1CCS(=O)(=O)C1. The molecule has 1 unspecified atom stereocenters. The Labute approximate surface area is 173 Å². The molecule has 3 rings (SSSR count). The second kappa shape index (κ2) is 9.61. The van der Waals surface area contributed by atoms with E-state index in [1.165, 1.54) is 0 Å². The van der Waals surface area contributed by atoms with E-state index < -0.39 is 9.84 Å². The van der Waals surface area contributed by atoms with Crippen LogP contribution >= 0.6 is 0 Å². The number of nitrogens with zero attached hydrogens (tertiary/aromatic N) is 1. The molecule has 1 amide bonds. The van der Waals surface area contributed by atoms with Crippen molar-refractivity contribution >= 4 is 32.8 Å². The lowest BCUT2D eigenvalue weighted by Gasteiger charge is -2.27. The van der Waals surface area contributed by atoms with Crippen molar-refractivity contribution in [1.82, 2.24) is 4.90 Å². The van der Waals surface area contributed by atoms with Gasteiger partial charge in [0.2, 0.25) is 5.91 Å². The molecule has 0 radical (unpaired) electrons. The van der Waals surface area contributed by atoms with E-state index in [0.29, 0.717) is 13.0 Å². The monoisotopic (exact) mass is 417 g/mol. The van der Waals surface area contributed by atoms with Crippen LogP contribution in [-0.4, -0.2) is 43.3 Å². The number of hydrogen-bond donors (Lipinski definition) is 0. The maximum atomic E-state index is 13.0. The molecule has 1 aromatic heterocycles. The third-order valence-corrected chi connectivity index (χ3v) is 7.30. The van der Waals surface area contributed by atoms with Crippen molar-refractivity contribution in [3.8, 4) is 0 Å². The maximum absolute atomic E-state index is 13.0. The van der Waals surface area contributed by atoms with Crippen LogP contribution in [-0.2, 0) is 21.1 Å². The van der Waals surface area contributed by atoms with Crippen LogP contribution in [0.2, 0.25) is 0 Å².